The molecule has 1 aliphatic carbocycles. The molecule has 0 aliphatic heterocycles. The minimum absolute atomic E-state index is 0.102. The number of aromatic hydroxyl groups is 1. The summed E-state index contributed by atoms with van der Waals surface area (Å²) >= 11 is 0. The van der Waals surface area contributed by atoms with Crippen LogP contribution in [0.25, 0.3) is 11.3 Å². The predicted molar refractivity (Wildman–Crippen MR) is 132 cm³/mol. The number of ether oxygens (including phenoxy) is 2. The highest BCUT2D eigenvalue weighted by Gasteiger charge is 2.28. The van der Waals surface area contributed by atoms with Crippen molar-refractivity contribution in [1.82, 2.24) is 15.1 Å². The fourth-order valence-electron chi connectivity index (χ4n) is 3.91. The van der Waals surface area contributed by atoms with Gasteiger partial charge in [0, 0.05) is 28.8 Å². The molecule has 0 spiro atoms. The Hall–Kier alpha value is -4.34. The lowest BCUT2D eigenvalue weighted by Crippen LogP contribution is -2.36. The third kappa shape index (κ3) is 5.48. The van der Waals surface area contributed by atoms with Gasteiger partial charge < -0.3 is 25.2 Å². The number of hydrogen-bond acceptors (Lipinski definition) is 7. The largest absolute Gasteiger partial charge is 0.507 e. The van der Waals surface area contributed by atoms with Crippen molar-refractivity contribution in [2.24, 2.45) is 0 Å². The summed E-state index contributed by atoms with van der Waals surface area (Å²) in [5, 5.41) is 20.4. The molecular weight excluding hydrogens is 464 g/mol. The molecule has 1 saturated carbocycles. The lowest BCUT2D eigenvalue weighted by atomic mass is 9.82. The molecule has 1 aliphatic rings. The second-order valence-corrected chi connectivity index (χ2v) is 8.38. The Labute approximate surface area is 208 Å². The normalized spacial score (nSPS) is 12.9. The van der Waals surface area contributed by atoms with Gasteiger partial charge in [-0.15, -0.1) is 0 Å². The number of amides is 2. The van der Waals surface area contributed by atoms with Gasteiger partial charge in [-0.25, -0.2) is 4.79 Å². The highest BCUT2D eigenvalue weighted by atomic mass is 16.5. The van der Waals surface area contributed by atoms with Crippen LogP contribution in [0.3, 0.4) is 0 Å². The van der Waals surface area contributed by atoms with E-state index in [1.807, 2.05) is 0 Å². The molecule has 0 bridgehead atoms. The quantitative estimate of drug-likeness (QED) is 0.406. The van der Waals surface area contributed by atoms with Gasteiger partial charge in [-0.1, -0.05) is 12.5 Å². The van der Waals surface area contributed by atoms with E-state index in [4.69, 9.17) is 9.47 Å². The van der Waals surface area contributed by atoms with Gasteiger partial charge in [-0.2, -0.15) is 9.78 Å². The number of benzene rings is 2. The molecule has 3 N–H and O–H groups in total. The number of hydrogen-bond donors (Lipinski definition) is 3. The number of carbonyl (C=O) groups is 3. The van der Waals surface area contributed by atoms with Crippen molar-refractivity contribution in [3.05, 3.63) is 59.8 Å². The number of nitrogens with one attached hydrogen (secondary N) is 2. The van der Waals surface area contributed by atoms with Crippen molar-refractivity contribution in [3.8, 4) is 22.8 Å². The molecule has 0 radical (unpaired) electrons. The Kier molecular flexibility index (Phi) is 7.53. The van der Waals surface area contributed by atoms with Gasteiger partial charge in [0.25, 0.3) is 5.91 Å². The number of nitrogens with zero attached hydrogens (tertiary/aromatic N) is 2. The highest BCUT2D eigenvalue weighted by molar-refractivity contribution is 6.04. The number of rotatable bonds is 8. The van der Waals surface area contributed by atoms with Crippen LogP contribution in [0.5, 0.6) is 11.5 Å². The summed E-state index contributed by atoms with van der Waals surface area (Å²) in [6.07, 6.45) is 2.91. The minimum Gasteiger partial charge on any atom is -0.507 e. The van der Waals surface area contributed by atoms with Gasteiger partial charge in [0.15, 0.2) is 0 Å². The Morgan fingerprint density at radius 2 is 1.94 bits per heavy atom. The Bertz CT molecular complexity index is 1280. The van der Waals surface area contributed by atoms with Crippen LogP contribution in [0.4, 0.5) is 10.5 Å². The average molecular weight is 493 g/mol. The van der Waals surface area contributed by atoms with E-state index in [-0.39, 0.29) is 30.7 Å². The molecule has 4 rings (SSSR count). The first-order valence-electron chi connectivity index (χ1n) is 11.7. The molecule has 1 aromatic heterocycles. The molecule has 0 unspecified atom stereocenters. The zero-order valence-corrected chi connectivity index (χ0v) is 20.1. The zero-order valence-electron chi connectivity index (χ0n) is 20.1. The third-order valence-corrected chi connectivity index (χ3v) is 6.01. The number of aromatic nitrogens is 2. The van der Waals surface area contributed by atoms with Crippen molar-refractivity contribution < 1.29 is 29.0 Å². The maximum atomic E-state index is 12.8. The van der Waals surface area contributed by atoms with Gasteiger partial charge in [0.2, 0.25) is 0 Å². The molecule has 2 aromatic carbocycles. The molecule has 10 heteroatoms. The third-order valence-electron chi connectivity index (χ3n) is 6.01. The van der Waals surface area contributed by atoms with Crippen LogP contribution < -0.4 is 15.4 Å². The molecule has 1 fully saturated rings. The molecule has 1 heterocycles. The van der Waals surface area contributed by atoms with Gasteiger partial charge in [0.05, 0.1) is 25.1 Å². The maximum absolute atomic E-state index is 12.8. The molecule has 0 atom stereocenters. The summed E-state index contributed by atoms with van der Waals surface area (Å²) in [5.41, 5.74) is 2.34. The van der Waals surface area contributed by atoms with E-state index in [9.17, 15) is 19.5 Å². The summed E-state index contributed by atoms with van der Waals surface area (Å²) in [7, 11) is 1.52. The van der Waals surface area contributed by atoms with Crippen LogP contribution in [0.2, 0.25) is 0 Å². The van der Waals surface area contributed by atoms with Crippen molar-refractivity contribution >= 4 is 23.6 Å². The maximum Gasteiger partial charge on any atom is 0.342 e. The molecule has 10 nitrogen and oxygen atoms in total. The number of esters is 1. The average Bonchev–Trinajstić information content (AvgIpc) is 3.26. The minimum atomic E-state index is -0.544. The van der Waals surface area contributed by atoms with Crippen LogP contribution in [-0.4, -0.2) is 53.1 Å². The van der Waals surface area contributed by atoms with Gasteiger partial charge >= 0.3 is 12.0 Å². The Morgan fingerprint density at radius 3 is 2.61 bits per heavy atom. The summed E-state index contributed by atoms with van der Waals surface area (Å²) in [4.78, 5) is 37.0. The van der Waals surface area contributed by atoms with Crippen LogP contribution >= 0.6 is 0 Å². The second-order valence-electron chi connectivity index (χ2n) is 8.38. The van der Waals surface area contributed by atoms with E-state index in [1.165, 1.54) is 17.9 Å². The number of carbonyl (C=O) groups excluding carboxylic acids is 3. The smallest absolute Gasteiger partial charge is 0.342 e. The molecule has 0 saturated heterocycles. The van der Waals surface area contributed by atoms with Crippen LogP contribution in [0, 0.1) is 0 Å². The molecule has 2 amide bonds. The van der Waals surface area contributed by atoms with E-state index in [2.05, 4.69) is 15.7 Å². The number of methoxy groups -OCH3 is 1. The highest BCUT2D eigenvalue weighted by Crippen LogP contribution is 2.39. The van der Waals surface area contributed by atoms with E-state index >= 15 is 0 Å². The van der Waals surface area contributed by atoms with E-state index in [0.29, 0.717) is 34.0 Å². The molecular formula is C26H28N4O6. The number of anilines is 1. The van der Waals surface area contributed by atoms with Crippen molar-refractivity contribution in [2.75, 3.05) is 25.6 Å². The number of phenolic OH excluding ortho intramolecular Hbond substituents is 1. The Morgan fingerprint density at radius 1 is 1.14 bits per heavy atom. The topological polar surface area (TPSA) is 132 Å². The fraction of sp³-hybridized carbons (Fsp3) is 0.308. The van der Waals surface area contributed by atoms with Crippen LogP contribution in [0.1, 0.15) is 48.2 Å². The monoisotopic (exact) mass is 492 g/mol. The second kappa shape index (κ2) is 10.9. The predicted octanol–water partition coefficient (Wildman–Crippen LogP) is 3.90. The lowest BCUT2D eigenvalue weighted by Gasteiger charge is -2.25. The number of phenols is 1. The summed E-state index contributed by atoms with van der Waals surface area (Å²) < 4.78 is 11.3. The van der Waals surface area contributed by atoms with Gasteiger partial charge in [0.1, 0.15) is 18.0 Å². The fourth-order valence-corrected chi connectivity index (χ4v) is 3.91. The summed E-state index contributed by atoms with van der Waals surface area (Å²) in [5.74, 6) is -0.258. The summed E-state index contributed by atoms with van der Waals surface area (Å²) in [6, 6.07) is 12.7. The standard InChI is InChI=1S/C26H28N4O6/c1-3-36-24(32)15-27-26(34)30-22(16-6-4-7-16)14-21(29-30)20-11-10-18(13-23(20)31)28-25(33)17-8-5-9-19(12-17)35-2/h5,8-14,16,31H,3-4,6-7,15H2,1-2H3,(H,27,34)(H,28,33). The van der Waals surface area contributed by atoms with Crippen molar-refractivity contribution in [1.29, 1.82) is 0 Å². The van der Waals surface area contributed by atoms with E-state index in [1.54, 1.807) is 49.4 Å². The zero-order chi connectivity index (χ0) is 25.7. The first-order chi connectivity index (χ1) is 17.4. The SMILES string of the molecule is CCOC(=O)CNC(=O)n1nc(-c2ccc(NC(=O)c3cccc(OC)c3)cc2O)cc1C1CCC1. The van der Waals surface area contributed by atoms with Crippen LogP contribution in [-0.2, 0) is 9.53 Å². The van der Waals surface area contributed by atoms with E-state index < -0.39 is 12.0 Å². The van der Waals surface area contributed by atoms with Gasteiger partial charge in [-0.05, 0) is 56.2 Å². The van der Waals surface area contributed by atoms with Crippen molar-refractivity contribution in [2.45, 2.75) is 32.1 Å². The Balaban J connectivity index is 1.53. The molecule has 188 valence electrons. The molecule has 3 aromatic rings. The van der Waals surface area contributed by atoms with E-state index in [0.717, 1.165) is 19.3 Å². The first-order valence-corrected chi connectivity index (χ1v) is 11.7. The first kappa shape index (κ1) is 24.8. The van der Waals surface area contributed by atoms with Crippen molar-refractivity contribution in [3.63, 3.8) is 0 Å². The summed E-state index contributed by atoms with van der Waals surface area (Å²) in [6.45, 7) is 1.65. The van der Waals surface area contributed by atoms with Gasteiger partial charge in [-0.3, -0.25) is 9.59 Å². The van der Waals surface area contributed by atoms with Crippen LogP contribution in [0.15, 0.2) is 48.5 Å². The molecule has 36 heavy (non-hydrogen) atoms. The lowest BCUT2D eigenvalue weighted by molar-refractivity contribution is -0.141.